The van der Waals surface area contributed by atoms with Crippen molar-refractivity contribution in [3.05, 3.63) is 109 Å². The predicted octanol–water partition coefficient (Wildman–Crippen LogP) is 18.7. The molecule has 0 saturated heterocycles. The largest absolute Gasteiger partial charge is 0.462 e. The molecule has 1 unspecified atom stereocenters. The van der Waals surface area contributed by atoms with E-state index < -0.39 is 6.10 Å². The van der Waals surface area contributed by atoms with E-state index in [0.717, 1.165) is 154 Å². The van der Waals surface area contributed by atoms with Crippen LogP contribution < -0.4 is 0 Å². The molecule has 0 aliphatic rings. The number of carbonyl (C=O) groups excluding carboxylic acids is 3. The van der Waals surface area contributed by atoms with Crippen molar-refractivity contribution in [1.29, 1.82) is 0 Å². The number of esters is 3. The van der Waals surface area contributed by atoms with Gasteiger partial charge >= 0.3 is 17.9 Å². The van der Waals surface area contributed by atoms with E-state index in [1.54, 1.807) is 0 Å². The van der Waals surface area contributed by atoms with Crippen LogP contribution in [0.2, 0.25) is 0 Å². The SMILES string of the molecule is CC/C=C\C/C=C\C/C=C\C/C=C\C/C=C\CCCCCCCCCCCC(=O)OCC(COC(=O)CCCCCCC/C=C\CCC)OC(=O)CCCCCCC/C=C\C/C=C\C/C=C\CC. The van der Waals surface area contributed by atoms with E-state index in [4.69, 9.17) is 14.2 Å². The minimum atomic E-state index is -0.794. The molecule has 68 heavy (non-hydrogen) atoms. The molecule has 6 heteroatoms. The second-order valence-corrected chi connectivity index (χ2v) is 18.1. The Hall–Kier alpha value is -3.93. The summed E-state index contributed by atoms with van der Waals surface area (Å²) in [5.74, 6) is -0.928. The number of unbranched alkanes of at least 4 members (excludes halogenated alkanes) is 20. The molecule has 0 aromatic heterocycles. The molecular formula is C62H102O6. The molecule has 0 aromatic carbocycles. The summed E-state index contributed by atoms with van der Waals surface area (Å²) in [5.41, 5.74) is 0. The highest BCUT2D eigenvalue weighted by Crippen LogP contribution is 2.14. The van der Waals surface area contributed by atoms with Gasteiger partial charge in [-0.3, -0.25) is 14.4 Å². The first kappa shape index (κ1) is 64.1. The van der Waals surface area contributed by atoms with Crippen molar-refractivity contribution in [1.82, 2.24) is 0 Å². The molecule has 0 N–H and O–H groups in total. The smallest absolute Gasteiger partial charge is 0.306 e. The minimum Gasteiger partial charge on any atom is -0.462 e. The van der Waals surface area contributed by atoms with Gasteiger partial charge in [0.2, 0.25) is 0 Å². The van der Waals surface area contributed by atoms with Gasteiger partial charge in [0.15, 0.2) is 6.10 Å². The second-order valence-electron chi connectivity index (χ2n) is 18.1. The summed E-state index contributed by atoms with van der Waals surface area (Å²) in [4.78, 5) is 38.0. The molecule has 0 amide bonds. The van der Waals surface area contributed by atoms with Crippen LogP contribution in [0, 0.1) is 0 Å². The molecule has 0 bridgehead atoms. The van der Waals surface area contributed by atoms with E-state index in [9.17, 15) is 14.4 Å². The van der Waals surface area contributed by atoms with E-state index in [0.29, 0.717) is 19.3 Å². The Morgan fingerprint density at radius 3 is 0.912 bits per heavy atom. The zero-order valence-corrected chi connectivity index (χ0v) is 44.1. The van der Waals surface area contributed by atoms with Crippen LogP contribution >= 0.6 is 0 Å². The van der Waals surface area contributed by atoms with Crippen LogP contribution in [-0.2, 0) is 28.6 Å². The number of carbonyl (C=O) groups is 3. The second kappa shape index (κ2) is 55.7. The molecule has 386 valence electrons. The highest BCUT2D eigenvalue weighted by molar-refractivity contribution is 5.71. The molecule has 0 heterocycles. The van der Waals surface area contributed by atoms with Gasteiger partial charge in [-0.2, -0.15) is 0 Å². The fourth-order valence-corrected chi connectivity index (χ4v) is 7.37. The van der Waals surface area contributed by atoms with Crippen LogP contribution in [0.4, 0.5) is 0 Å². The fourth-order valence-electron chi connectivity index (χ4n) is 7.37. The van der Waals surface area contributed by atoms with Crippen LogP contribution in [-0.4, -0.2) is 37.2 Å². The van der Waals surface area contributed by atoms with E-state index in [2.05, 4.69) is 130 Å². The monoisotopic (exact) mass is 943 g/mol. The fraction of sp³-hybridized carbons (Fsp3) is 0.661. The minimum absolute atomic E-state index is 0.0924. The molecule has 6 nitrogen and oxygen atoms in total. The van der Waals surface area contributed by atoms with Crippen molar-refractivity contribution in [2.24, 2.45) is 0 Å². The zero-order valence-electron chi connectivity index (χ0n) is 44.1. The zero-order chi connectivity index (χ0) is 49.3. The Morgan fingerprint density at radius 2 is 0.574 bits per heavy atom. The van der Waals surface area contributed by atoms with Crippen LogP contribution in [0.15, 0.2) is 109 Å². The van der Waals surface area contributed by atoms with Gasteiger partial charge in [-0.05, 0) is 116 Å². The van der Waals surface area contributed by atoms with Gasteiger partial charge in [-0.1, -0.05) is 220 Å². The van der Waals surface area contributed by atoms with Gasteiger partial charge in [0.1, 0.15) is 13.2 Å². The Bertz CT molecular complexity index is 1410. The van der Waals surface area contributed by atoms with Crippen molar-refractivity contribution >= 4 is 17.9 Å². The molecular weight excluding hydrogens is 841 g/mol. The van der Waals surface area contributed by atoms with Crippen molar-refractivity contribution in [3.8, 4) is 0 Å². The maximum Gasteiger partial charge on any atom is 0.306 e. The number of allylic oxidation sites excluding steroid dienone is 18. The lowest BCUT2D eigenvalue weighted by Gasteiger charge is -2.18. The molecule has 0 aromatic rings. The van der Waals surface area contributed by atoms with Gasteiger partial charge in [-0.15, -0.1) is 0 Å². The summed E-state index contributed by atoms with van der Waals surface area (Å²) in [6.45, 7) is 6.32. The summed E-state index contributed by atoms with van der Waals surface area (Å²) >= 11 is 0. The highest BCUT2D eigenvalue weighted by atomic mass is 16.6. The lowest BCUT2D eigenvalue weighted by molar-refractivity contribution is -0.167. The quantitative estimate of drug-likeness (QED) is 0.0262. The Labute approximate surface area is 419 Å². The maximum absolute atomic E-state index is 12.8. The number of rotatable bonds is 49. The first-order valence-electron chi connectivity index (χ1n) is 27.9. The maximum atomic E-state index is 12.8. The van der Waals surface area contributed by atoms with E-state index in [1.165, 1.54) is 51.4 Å². The average molecular weight is 943 g/mol. The molecule has 0 saturated carbocycles. The molecule has 0 fully saturated rings. The van der Waals surface area contributed by atoms with Crippen molar-refractivity contribution in [2.45, 2.75) is 252 Å². The van der Waals surface area contributed by atoms with Crippen LogP contribution in [0.1, 0.15) is 245 Å². The first-order chi connectivity index (χ1) is 33.5. The van der Waals surface area contributed by atoms with Crippen LogP contribution in [0.5, 0.6) is 0 Å². The summed E-state index contributed by atoms with van der Waals surface area (Å²) in [6.07, 6.45) is 75.1. The van der Waals surface area contributed by atoms with Crippen molar-refractivity contribution in [2.75, 3.05) is 13.2 Å². The molecule has 0 rings (SSSR count). The lowest BCUT2D eigenvalue weighted by Crippen LogP contribution is -2.30. The van der Waals surface area contributed by atoms with Gasteiger partial charge in [0.25, 0.3) is 0 Å². The molecule has 0 aliphatic carbocycles. The summed E-state index contributed by atoms with van der Waals surface area (Å²) in [6, 6.07) is 0. The topological polar surface area (TPSA) is 78.9 Å². The summed E-state index contributed by atoms with van der Waals surface area (Å²) in [7, 11) is 0. The molecule has 0 radical (unpaired) electrons. The number of hydrogen-bond donors (Lipinski definition) is 0. The number of hydrogen-bond acceptors (Lipinski definition) is 6. The molecule has 1 atom stereocenters. The highest BCUT2D eigenvalue weighted by Gasteiger charge is 2.19. The Balaban J connectivity index is 4.31. The lowest BCUT2D eigenvalue weighted by atomic mass is 10.1. The molecule has 0 spiro atoms. The summed E-state index contributed by atoms with van der Waals surface area (Å²) in [5, 5.41) is 0. The van der Waals surface area contributed by atoms with Gasteiger partial charge in [-0.25, -0.2) is 0 Å². The predicted molar refractivity (Wildman–Crippen MR) is 293 cm³/mol. The van der Waals surface area contributed by atoms with E-state index in [1.807, 2.05) is 0 Å². The van der Waals surface area contributed by atoms with Crippen molar-refractivity contribution in [3.63, 3.8) is 0 Å². The standard InChI is InChI=1S/C62H102O6/c1-4-7-10-13-16-19-22-24-26-27-28-29-30-31-32-33-34-35-37-38-40-43-46-49-52-55-61(64)67-58-59(57-66-60(63)54-51-48-45-42-21-18-15-12-9-6-3)68-62(65)56-53-50-47-44-41-39-36-25-23-20-17-14-11-8-5-2/h7-8,10-12,15-17,19-20,24-26,28-29,31-32,36,59H,4-6,9,13-14,18,21-23,27,30,33-35,37-58H2,1-3H3/b10-7-,11-8-,15-12-,19-16-,20-17-,26-24-,29-28-,32-31-,36-25-. The Morgan fingerprint density at radius 1 is 0.309 bits per heavy atom. The Kier molecular flexibility index (Phi) is 52.4. The van der Waals surface area contributed by atoms with E-state index >= 15 is 0 Å². The first-order valence-corrected chi connectivity index (χ1v) is 27.9. The van der Waals surface area contributed by atoms with Crippen molar-refractivity contribution < 1.29 is 28.6 Å². The van der Waals surface area contributed by atoms with E-state index in [-0.39, 0.29) is 31.1 Å². The van der Waals surface area contributed by atoms with Crippen LogP contribution in [0.3, 0.4) is 0 Å². The average Bonchev–Trinajstić information content (AvgIpc) is 3.34. The third-order valence-corrected chi connectivity index (χ3v) is 11.5. The third-order valence-electron chi connectivity index (χ3n) is 11.5. The van der Waals surface area contributed by atoms with Gasteiger partial charge in [0, 0.05) is 19.3 Å². The van der Waals surface area contributed by atoms with Crippen LogP contribution in [0.25, 0.3) is 0 Å². The number of ether oxygens (including phenoxy) is 3. The van der Waals surface area contributed by atoms with Gasteiger partial charge < -0.3 is 14.2 Å². The van der Waals surface area contributed by atoms with Gasteiger partial charge in [0.05, 0.1) is 0 Å². The normalized spacial score (nSPS) is 12.9. The summed E-state index contributed by atoms with van der Waals surface area (Å²) < 4.78 is 16.8. The third kappa shape index (κ3) is 53.0. The molecule has 0 aliphatic heterocycles.